The Morgan fingerprint density at radius 2 is 1.97 bits per heavy atom. The summed E-state index contributed by atoms with van der Waals surface area (Å²) in [5, 5.41) is 8.22. The predicted octanol–water partition coefficient (Wildman–Crippen LogP) is 4.60. The Kier molecular flexibility index (Phi) is 6.88. The Labute approximate surface area is 203 Å². The van der Waals surface area contributed by atoms with Crippen molar-refractivity contribution in [1.82, 2.24) is 20.0 Å². The largest absolute Gasteiger partial charge is 0.496 e. The van der Waals surface area contributed by atoms with Gasteiger partial charge < -0.3 is 9.47 Å². The van der Waals surface area contributed by atoms with E-state index in [1.165, 1.54) is 0 Å². The van der Waals surface area contributed by atoms with E-state index in [2.05, 4.69) is 15.1 Å². The number of nitrogens with one attached hydrogen (secondary N) is 1. The molecule has 0 aliphatic carbocycles. The number of H-pyrrole nitrogens is 1. The highest BCUT2D eigenvalue weighted by Gasteiger charge is 2.37. The van der Waals surface area contributed by atoms with E-state index in [0.717, 1.165) is 47.2 Å². The van der Waals surface area contributed by atoms with Crippen LogP contribution in [0, 0.1) is 0 Å². The molecule has 188 valence electrons. The molecule has 3 aromatic rings. The molecular formula is C26H31F3N4O2. The van der Waals surface area contributed by atoms with Crippen molar-refractivity contribution in [2.45, 2.75) is 44.4 Å². The van der Waals surface area contributed by atoms with Gasteiger partial charge in [0.05, 0.1) is 38.1 Å². The van der Waals surface area contributed by atoms with Crippen LogP contribution in [0.4, 0.5) is 13.2 Å². The van der Waals surface area contributed by atoms with Gasteiger partial charge in [0.25, 0.3) is 6.43 Å². The molecule has 2 aliphatic rings. The van der Waals surface area contributed by atoms with Crippen molar-refractivity contribution in [2.24, 2.45) is 0 Å². The monoisotopic (exact) mass is 488 g/mol. The summed E-state index contributed by atoms with van der Waals surface area (Å²) in [6, 6.07) is 9.15. The minimum absolute atomic E-state index is 0.0466. The normalized spacial score (nSPS) is 21.3. The van der Waals surface area contributed by atoms with Gasteiger partial charge >= 0.3 is 0 Å². The number of hydrogen-bond acceptors (Lipinski definition) is 5. The van der Waals surface area contributed by atoms with Crippen molar-refractivity contribution >= 4 is 10.9 Å². The van der Waals surface area contributed by atoms with Crippen LogP contribution in [-0.4, -0.2) is 78.5 Å². The summed E-state index contributed by atoms with van der Waals surface area (Å²) in [5.41, 5.74) is 3.89. The van der Waals surface area contributed by atoms with Crippen LogP contribution in [0.1, 0.15) is 36.1 Å². The van der Waals surface area contributed by atoms with Gasteiger partial charge in [-0.3, -0.25) is 19.3 Å². The van der Waals surface area contributed by atoms with Crippen LogP contribution in [0.15, 0.2) is 36.5 Å². The highest BCUT2D eigenvalue weighted by Crippen LogP contribution is 2.44. The highest BCUT2D eigenvalue weighted by atomic mass is 19.3. The summed E-state index contributed by atoms with van der Waals surface area (Å²) in [5.74, 6) is 1.28. The molecule has 0 spiro atoms. The summed E-state index contributed by atoms with van der Waals surface area (Å²) in [6.45, 7) is 3.63. The molecule has 1 saturated heterocycles. The number of benzene rings is 2. The predicted molar refractivity (Wildman–Crippen MR) is 128 cm³/mol. The maximum Gasteiger partial charge on any atom is 0.251 e. The number of aromatic nitrogens is 2. The number of ether oxygens (including phenoxy) is 2. The SMILES string of the molecule is COc1cc(OC2CN(CCCF)C2)ccc1[C@@H]1c2ccc3[nH]ncc3c2C[C@@H](C)N1CC(F)F. The molecule has 2 aliphatic heterocycles. The molecule has 35 heavy (non-hydrogen) atoms. The maximum atomic E-state index is 13.7. The van der Waals surface area contributed by atoms with Crippen LogP contribution in [-0.2, 0) is 6.42 Å². The van der Waals surface area contributed by atoms with E-state index in [-0.39, 0.29) is 31.4 Å². The molecule has 6 nitrogen and oxygen atoms in total. The molecule has 5 rings (SSSR count). The number of methoxy groups -OCH3 is 1. The second-order valence-corrected chi connectivity index (χ2v) is 9.45. The standard InChI is InChI=1S/C26H31F3N4O2/c1-16-10-21-19(6-7-23-22(21)12-30-31-23)26(33(16)15-25(28)29)20-5-4-17(11-24(20)34-2)35-18-13-32(14-18)9-3-8-27/h4-7,11-12,16,18,25-26H,3,8-10,13-15H2,1-2H3,(H,30,31)/t16-,26+/m1/s1. The Balaban J connectivity index is 1.46. The van der Waals surface area contributed by atoms with Gasteiger partial charge in [0.1, 0.15) is 17.6 Å². The van der Waals surface area contributed by atoms with Gasteiger partial charge in [0.15, 0.2) is 0 Å². The first-order valence-electron chi connectivity index (χ1n) is 12.1. The Morgan fingerprint density at radius 1 is 1.17 bits per heavy atom. The summed E-state index contributed by atoms with van der Waals surface area (Å²) < 4.78 is 51.6. The van der Waals surface area contributed by atoms with Crippen molar-refractivity contribution in [3.63, 3.8) is 0 Å². The lowest BCUT2D eigenvalue weighted by Gasteiger charge is -2.42. The van der Waals surface area contributed by atoms with Crippen LogP contribution in [0.25, 0.3) is 10.9 Å². The molecule has 3 heterocycles. The van der Waals surface area contributed by atoms with Gasteiger partial charge in [0.2, 0.25) is 0 Å². The van der Waals surface area contributed by atoms with Crippen molar-refractivity contribution in [1.29, 1.82) is 0 Å². The fourth-order valence-corrected chi connectivity index (χ4v) is 5.46. The summed E-state index contributed by atoms with van der Waals surface area (Å²) in [4.78, 5) is 4.03. The van der Waals surface area contributed by atoms with E-state index in [1.54, 1.807) is 7.11 Å². The van der Waals surface area contributed by atoms with Crippen LogP contribution in [0.2, 0.25) is 0 Å². The van der Waals surface area contributed by atoms with E-state index in [9.17, 15) is 13.2 Å². The number of alkyl halides is 3. The molecule has 0 saturated carbocycles. The topological polar surface area (TPSA) is 53.6 Å². The Bertz CT molecular complexity index is 1160. The summed E-state index contributed by atoms with van der Waals surface area (Å²) in [6.07, 6.45) is 0.609. The first-order valence-corrected chi connectivity index (χ1v) is 12.1. The van der Waals surface area contributed by atoms with Gasteiger partial charge in [-0.25, -0.2) is 8.78 Å². The number of aromatic amines is 1. The fourth-order valence-electron chi connectivity index (χ4n) is 5.46. The fraction of sp³-hybridized carbons (Fsp3) is 0.500. The number of likely N-dealkylation sites (tertiary alicyclic amines) is 1. The third-order valence-corrected chi connectivity index (χ3v) is 7.15. The van der Waals surface area contributed by atoms with E-state index in [1.807, 2.05) is 48.4 Å². The van der Waals surface area contributed by atoms with Crippen molar-refractivity contribution in [3.05, 3.63) is 53.2 Å². The van der Waals surface area contributed by atoms with Crippen LogP contribution in [0.3, 0.4) is 0 Å². The number of rotatable bonds is 9. The van der Waals surface area contributed by atoms with Crippen molar-refractivity contribution in [2.75, 3.05) is 40.0 Å². The Hall–Kier alpha value is -2.78. The molecule has 9 heteroatoms. The lowest BCUT2D eigenvalue weighted by molar-refractivity contribution is 0.0182. The summed E-state index contributed by atoms with van der Waals surface area (Å²) >= 11 is 0. The van der Waals surface area contributed by atoms with Crippen molar-refractivity contribution < 1.29 is 22.6 Å². The van der Waals surface area contributed by atoms with E-state index in [4.69, 9.17) is 9.47 Å². The van der Waals surface area contributed by atoms with E-state index >= 15 is 0 Å². The third kappa shape index (κ3) is 4.71. The average Bonchev–Trinajstić information content (AvgIpc) is 3.30. The first-order chi connectivity index (χ1) is 17.0. The molecule has 1 aromatic heterocycles. The van der Waals surface area contributed by atoms with E-state index in [0.29, 0.717) is 24.3 Å². The van der Waals surface area contributed by atoms with Gasteiger partial charge in [-0.1, -0.05) is 6.07 Å². The lowest BCUT2D eigenvalue weighted by Crippen LogP contribution is -2.53. The number of nitrogens with zero attached hydrogens (tertiary/aromatic N) is 3. The minimum Gasteiger partial charge on any atom is -0.496 e. The number of hydrogen-bond donors (Lipinski definition) is 1. The zero-order valence-corrected chi connectivity index (χ0v) is 20.0. The molecule has 0 unspecified atom stereocenters. The average molecular weight is 489 g/mol. The molecule has 1 N–H and O–H groups in total. The second kappa shape index (κ2) is 10.1. The van der Waals surface area contributed by atoms with Crippen LogP contribution in [0.5, 0.6) is 11.5 Å². The highest BCUT2D eigenvalue weighted by molar-refractivity contribution is 5.83. The van der Waals surface area contributed by atoms with Crippen LogP contribution < -0.4 is 9.47 Å². The van der Waals surface area contributed by atoms with Crippen molar-refractivity contribution in [3.8, 4) is 11.5 Å². The minimum atomic E-state index is -2.45. The molecule has 0 amide bonds. The van der Waals surface area contributed by atoms with Gasteiger partial charge in [0, 0.05) is 42.7 Å². The molecule has 2 atom stereocenters. The number of fused-ring (bicyclic) bond motifs is 3. The quantitative estimate of drug-likeness (QED) is 0.477. The molecule has 2 aromatic carbocycles. The molecule has 0 radical (unpaired) electrons. The maximum absolute atomic E-state index is 13.7. The number of halogens is 3. The van der Waals surface area contributed by atoms with Gasteiger partial charge in [-0.15, -0.1) is 0 Å². The smallest absolute Gasteiger partial charge is 0.251 e. The Morgan fingerprint density at radius 3 is 2.71 bits per heavy atom. The second-order valence-electron chi connectivity index (χ2n) is 9.45. The van der Waals surface area contributed by atoms with Gasteiger partial charge in [-0.05, 0) is 49.1 Å². The van der Waals surface area contributed by atoms with Crippen LogP contribution >= 0.6 is 0 Å². The lowest BCUT2D eigenvalue weighted by atomic mass is 9.83. The van der Waals surface area contributed by atoms with Gasteiger partial charge in [-0.2, -0.15) is 5.10 Å². The molecule has 1 fully saturated rings. The third-order valence-electron chi connectivity index (χ3n) is 7.15. The summed E-state index contributed by atoms with van der Waals surface area (Å²) in [7, 11) is 1.59. The van der Waals surface area contributed by atoms with E-state index < -0.39 is 6.43 Å². The molecular weight excluding hydrogens is 457 g/mol. The first kappa shape index (κ1) is 23.9. The molecule has 0 bridgehead atoms. The zero-order valence-electron chi connectivity index (χ0n) is 20.0. The zero-order chi connectivity index (χ0) is 24.5.